The number of nitrogens with zero attached hydrogens (tertiary/aromatic N) is 3. The molecule has 156 valence electrons. The van der Waals surface area contributed by atoms with Gasteiger partial charge < -0.3 is 9.30 Å². The van der Waals surface area contributed by atoms with Crippen molar-refractivity contribution in [2.75, 3.05) is 20.3 Å². The van der Waals surface area contributed by atoms with E-state index in [1.165, 1.54) is 21.8 Å². The van der Waals surface area contributed by atoms with Gasteiger partial charge in [0, 0.05) is 23.4 Å². The van der Waals surface area contributed by atoms with E-state index in [2.05, 4.69) is 10.6 Å². The molecule has 1 saturated heterocycles. The first-order valence-electron chi connectivity index (χ1n) is 9.94. The minimum Gasteiger partial charge on any atom is -0.383 e. The van der Waals surface area contributed by atoms with Gasteiger partial charge in [-0.05, 0) is 74.6 Å². The number of thiophene rings is 1. The molecule has 0 bridgehead atoms. The number of carbonyl (C=O) groups excluding carboxylic acids is 2. The predicted octanol–water partition coefficient (Wildman–Crippen LogP) is 4.59. The molecule has 0 radical (unpaired) electrons. The molecular formula is C22H23N3O3S2. The van der Waals surface area contributed by atoms with Crippen LogP contribution in [0.3, 0.4) is 0 Å². The van der Waals surface area contributed by atoms with Crippen molar-refractivity contribution in [3.63, 3.8) is 0 Å². The van der Waals surface area contributed by atoms with Crippen LogP contribution in [0.4, 0.5) is 4.79 Å². The van der Waals surface area contributed by atoms with Gasteiger partial charge in [0.2, 0.25) is 0 Å². The standard InChI is InChI=1S/C22H23N3O3S2/c1-13-10-15(11-19-20(26)24(8-9-28-3)22(27)30-19)14(2)25(13)21-17(12-23)16-6-4-5-7-18(16)29-21/h10-11H,4-9H2,1-3H3/b19-11+. The number of imide groups is 1. The van der Waals surface area contributed by atoms with E-state index in [1.807, 2.05) is 19.9 Å². The molecule has 4 rings (SSSR count). The summed E-state index contributed by atoms with van der Waals surface area (Å²) in [5.41, 5.74) is 4.85. The summed E-state index contributed by atoms with van der Waals surface area (Å²) < 4.78 is 7.11. The fraction of sp³-hybridized carbons (Fsp3) is 0.409. The molecule has 1 aliphatic carbocycles. The Bertz CT molecular complexity index is 1100. The Morgan fingerprint density at radius 3 is 2.77 bits per heavy atom. The van der Waals surface area contributed by atoms with Gasteiger partial charge in [-0.3, -0.25) is 14.5 Å². The van der Waals surface area contributed by atoms with Crippen LogP contribution in [0.15, 0.2) is 11.0 Å². The highest BCUT2D eigenvalue weighted by Gasteiger charge is 2.35. The number of fused-ring (bicyclic) bond motifs is 1. The monoisotopic (exact) mass is 441 g/mol. The van der Waals surface area contributed by atoms with Crippen LogP contribution in [0.25, 0.3) is 11.1 Å². The third-order valence-electron chi connectivity index (χ3n) is 5.62. The third kappa shape index (κ3) is 3.51. The Hall–Kier alpha value is -2.34. The fourth-order valence-corrected chi connectivity index (χ4v) is 6.39. The Labute approximate surface area is 184 Å². The Morgan fingerprint density at radius 1 is 1.27 bits per heavy atom. The highest BCUT2D eigenvalue weighted by molar-refractivity contribution is 8.18. The molecule has 1 fully saturated rings. The molecule has 2 aliphatic rings. The van der Waals surface area contributed by atoms with Crippen molar-refractivity contribution in [1.82, 2.24) is 9.47 Å². The van der Waals surface area contributed by atoms with Crippen molar-refractivity contribution in [3.05, 3.63) is 43.9 Å². The second-order valence-electron chi connectivity index (χ2n) is 7.49. The van der Waals surface area contributed by atoms with Gasteiger partial charge in [0.05, 0.1) is 23.6 Å². The molecule has 2 aromatic rings. The molecular weight excluding hydrogens is 418 g/mol. The summed E-state index contributed by atoms with van der Waals surface area (Å²) in [6, 6.07) is 4.44. The lowest BCUT2D eigenvalue weighted by Gasteiger charge is -2.10. The largest absolute Gasteiger partial charge is 0.383 e. The van der Waals surface area contributed by atoms with Crippen LogP contribution in [-0.2, 0) is 22.4 Å². The van der Waals surface area contributed by atoms with Gasteiger partial charge in [-0.25, -0.2) is 0 Å². The molecule has 0 unspecified atom stereocenters. The molecule has 2 amide bonds. The predicted molar refractivity (Wildman–Crippen MR) is 119 cm³/mol. The number of amides is 2. The van der Waals surface area contributed by atoms with Gasteiger partial charge in [0.1, 0.15) is 11.1 Å². The van der Waals surface area contributed by atoms with Crippen LogP contribution in [0.1, 0.15) is 45.8 Å². The summed E-state index contributed by atoms with van der Waals surface area (Å²) >= 11 is 2.67. The fourth-order valence-electron chi connectivity index (χ4n) is 4.09. The Morgan fingerprint density at radius 2 is 2.03 bits per heavy atom. The van der Waals surface area contributed by atoms with Gasteiger partial charge in [-0.1, -0.05) is 0 Å². The smallest absolute Gasteiger partial charge is 0.293 e. The van der Waals surface area contributed by atoms with E-state index in [4.69, 9.17) is 4.74 Å². The summed E-state index contributed by atoms with van der Waals surface area (Å²) in [7, 11) is 1.54. The molecule has 0 spiro atoms. The highest BCUT2D eigenvalue weighted by Crippen LogP contribution is 2.39. The molecule has 8 heteroatoms. The maximum atomic E-state index is 12.6. The summed E-state index contributed by atoms with van der Waals surface area (Å²) in [4.78, 5) is 27.8. The van der Waals surface area contributed by atoms with Crippen molar-refractivity contribution < 1.29 is 14.3 Å². The maximum absolute atomic E-state index is 12.6. The van der Waals surface area contributed by atoms with Crippen molar-refractivity contribution in [3.8, 4) is 11.1 Å². The maximum Gasteiger partial charge on any atom is 0.293 e. The molecule has 30 heavy (non-hydrogen) atoms. The first kappa shape index (κ1) is 20.9. The van der Waals surface area contributed by atoms with E-state index in [-0.39, 0.29) is 17.7 Å². The van der Waals surface area contributed by atoms with E-state index in [1.54, 1.807) is 24.5 Å². The summed E-state index contributed by atoms with van der Waals surface area (Å²) in [6.07, 6.45) is 6.10. The number of rotatable bonds is 5. The quantitative estimate of drug-likeness (QED) is 0.635. The number of ether oxygens (including phenoxy) is 1. The summed E-state index contributed by atoms with van der Waals surface area (Å²) in [6.45, 7) is 4.58. The molecule has 3 heterocycles. The van der Waals surface area contributed by atoms with Crippen molar-refractivity contribution >= 4 is 40.3 Å². The van der Waals surface area contributed by atoms with Crippen LogP contribution in [-0.4, -0.2) is 40.9 Å². The lowest BCUT2D eigenvalue weighted by atomic mass is 9.96. The minimum atomic E-state index is -0.281. The molecule has 0 atom stereocenters. The van der Waals surface area contributed by atoms with Crippen LogP contribution in [0.5, 0.6) is 0 Å². The third-order valence-corrected chi connectivity index (χ3v) is 7.80. The number of hydrogen-bond donors (Lipinski definition) is 0. The molecule has 0 saturated carbocycles. The van der Waals surface area contributed by atoms with Crippen LogP contribution < -0.4 is 0 Å². The molecule has 0 aromatic carbocycles. The number of aryl methyl sites for hydroxylation is 2. The number of nitriles is 1. The van der Waals surface area contributed by atoms with E-state index < -0.39 is 0 Å². The van der Waals surface area contributed by atoms with E-state index >= 15 is 0 Å². The van der Waals surface area contributed by atoms with Crippen LogP contribution >= 0.6 is 23.1 Å². The van der Waals surface area contributed by atoms with Gasteiger partial charge in [0.25, 0.3) is 11.1 Å². The van der Waals surface area contributed by atoms with Gasteiger partial charge in [-0.2, -0.15) is 5.26 Å². The van der Waals surface area contributed by atoms with Gasteiger partial charge in [-0.15, -0.1) is 11.3 Å². The number of carbonyl (C=O) groups is 2. The highest BCUT2D eigenvalue weighted by atomic mass is 32.2. The van der Waals surface area contributed by atoms with E-state index in [0.29, 0.717) is 11.5 Å². The topological polar surface area (TPSA) is 75.3 Å². The first-order chi connectivity index (χ1) is 14.5. The molecule has 0 N–H and O–H groups in total. The van der Waals surface area contributed by atoms with Crippen LogP contribution in [0.2, 0.25) is 0 Å². The van der Waals surface area contributed by atoms with Gasteiger partial charge in [0.15, 0.2) is 0 Å². The van der Waals surface area contributed by atoms with Crippen molar-refractivity contribution in [2.45, 2.75) is 39.5 Å². The Kier molecular flexibility index (Phi) is 5.87. The number of hydrogen-bond acceptors (Lipinski definition) is 6. The minimum absolute atomic E-state index is 0.254. The van der Waals surface area contributed by atoms with Crippen molar-refractivity contribution in [1.29, 1.82) is 5.26 Å². The normalized spacial score (nSPS) is 17.7. The zero-order chi connectivity index (χ0) is 21.4. The average Bonchev–Trinajstić information content (AvgIpc) is 3.32. The second-order valence-corrected chi connectivity index (χ2v) is 9.57. The van der Waals surface area contributed by atoms with E-state index in [0.717, 1.165) is 58.5 Å². The zero-order valence-electron chi connectivity index (χ0n) is 17.3. The molecule has 1 aliphatic heterocycles. The number of methoxy groups -OCH3 is 1. The van der Waals surface area contributed by atoms with Crippen LogP contribution in [0, 0.1) is 25.2 Å². The van der Waals surface area contributed by atoms with E-state index in [9.17, 15) is 14.9 Å². The molecule has 2 aromatic heterocycles. The SMILES string of the molecule is COCCN1C(=O)S/C(=C/c2cc(C)n(-c3sc4c(c3C#N)CCCC4)c2C)C1=O. The van der Waals surface area contributed by atoms with Gasteiger partial charge >= 0.3 is 0 Å². The first-order valence-corrected chi connectivity index (χ1v) is 11.6. The lowest BCUT2D eigenvalue weighted by Crippen LogP contribution is -2.31. The number of aromatic nitrogens is 1. The lowest BCUT2D eigenvalue weighted by molar-refractivity contribution is -0.123. The summed E-state index contributed by atoms with van der Waals surface area (Å²) in [5.74, 6) is -0.281. The average molecular weight is 442 g/mol. The number of thioether (sulfide) groups is 1. The molecule has 6 nitrogen and oxygen atoms in total. The summed E-state index contributed by atoms with van der Waals surface area (Å²) in [5, 5.41) is 10.5. The van der Waals surface area contributed by atoms with Crippen molar-refractivity contribution in [2.24, 2.45) is 0 Å². The Balaban J connectivity index is 1.72. The second kappa shape index (κ2) is 8.42. The zero-order valence-corrected chi connectivity index (χ0v) is 18.9.